The van der Waals surface area contributed by atoms with Gasteiger partial charge in [-0.05, 0) is 25.2 Å². The number of aliphatic carboxylic acids is 1. The first-order valence-corrected chi connectivity index (χ1v) is 6.92. The Morgan fingerprint density at radius 3 is 2.61 bits per heavy atom. The zero-order valence-corrected chi connectivity index (χ0v) is 10.7. The fraction of sp³-hybridized carbons (Fsp3) is 0.846. The van der Waals surface area contributed by atoms with Gasteiger partial charge in [-0.1, -0.05) is 19.3 Å². The van der Waals surface area contributed by atoms with Gasteiger partial charge < -0.3 is 15.3 Å². The van der Waals surface area contributed by atoms with E-state index in [1.54, 1.807) is 4.90 Å². The highest BCUT2D eigenvalue weighted by atomic mass is 16.4. The number of hydrogen-bond acceptors (Lipinski definition) is 2. The quantitative estimate of drug-likeness (QED) is 0.802. The molecular formula is C13H22N2O3. The largest absolute Gasteiger partial charge is 0.481 e. The standard InChI is InChI=1S/C13H22N2O3/c16-12(17)11-5-2-8-15(9-11)13(18)14-7-6-10-3-1-4-10/h10-11H,1-9H2,(H,14,18)(H,16,17)/t11-/m1/s1. The lowest BCUT2D eigenvalue weighted by molar-refractivity contribution is -0.143. The van der Waals surface area contributed by atoms with E-state index in [0.717, 1.165) is 25.3 Å². The molecule has 1 aliphatic carbocycles. The molecule has 0 bridgehead atoms. The molecule has 0 unspecified atom stereocenters. The second kappa shape index (κ2) is 6.07. The Kier molecular flexibility index (Phi) is 4.44. The number of carboxylic acids is 1. The third-order valence-electron chi connectivity index (χ3n) is 4.11. The molecule has 1 saturated heterocycles. The molecule has 0 spiro atoms. The van der Waals surface area contributed by atoms with Crippen LogP contribution in [0.3, 0.4) is 0 Å². The topological polar surface area (TPSA) is 69.6 Å². The highest BCUT2D eigenvalue weighted by Crippen LogP contribution is 2.28. The molecule has 0 radical (unpaired) electrons. The second-order valence-corrected chi connectivity index (χ2v) is 5.44. The molecule has 2 fully saturated rings. The summed E-state index contributed by atoms with van der Waals surface area (Å²) in [4.78, 5) is 24.4. The first kappa shape index (κ1) is 13.2. The van der Waals surface area contributed by atoms with Crippen LogP contribution in [-0.2, 0) is 4.79 Å². The summed E-state index contributed by atoms with van der Waals surface area (Å²) in [6.07, 6.45) is 6.43. The Labute approximate surface area is 108 Å². The molecule has 1 saturated carbocycles. The Morgan fingerprint density at radius 2 is 2.00 bits per heavy atom. The zero-order chi connectivity index (χ0) is 13.0. The Morgan fingerprint density at radius 1 is 1.22 bits per heavy atom. The van der Waals surface area contributed by atoms with Gasteiger partial charge in [0.15, 0.2) is 0 Å². The van der Waals surface area contributed by atoms with Crippen molar-refractivity contribution in [3.8, 4) is 0 Å². The number of likely N-dealkylation sites (tertiary alicyclic amines) is 1. The van der Waals surface area contributed by atoms with Crippen LogP contribution in [0.25, 0.3) is 0 Å². The van der Waals surface area contributed by atoms with Gasteiger partial charge in [-0.2, -0.15) is 0 Å². The van der Waals surface area contributed by atoms with Crippen molar-refractivity contribution in [3.05, 3.63) is 0 Å². The normalized spacial score (nSPS) is 24.4. The average molecular weight is 254 g/mol. The zero-order valence-electron chi connectivity index (χ0n) is 10.7. The molecule has 1 atom stereocenters. The molecule has 2 N–H and O–H groups in total. The molecule has 0 aromatic rings. The maximum Gasteiger partial charge on any atom is 0.317 e. The van der Waals surface area contributed by atoms with E-state index < -0.39 is 11.9 Å². The fourth-order valence-corrected chi connectivity index (χ4v) is 2.64. The van der Waals surface area contributed by atoms with Gasteiger partial charge in [0, 0.05) is 19.6 Å². The highest BCUT2D eigenvalue weighted by Gasteiger charge is 2.28. The lowest BCUT2D eigenvalue weighted by Gasteiger charge is -2.31. The van der Waals surface area contributed by atoms with Crippen LogP contribution >= 0.6 is 0 Å². The van der Waals surface area contributed by atoms with Gasteiger partial charge in [0.05, 0.1) is 5.92 Å². The van der Waals surface area contributed by atoms with E-state index >= 15 is 0 Å². The van der Waals surface area contributed by atoms with E-state index in [0.29, 0.717) is 19.5 Å². The van der Waals surface area contributed by atoms with Crippen molar-refractivity contribution in [2.45, 2.75) is 38.5 Å². The van der Waals surface area contributed by atoms with Gasteiger partial charge in [-0.3, -0.25) is 4.79 Å². The van der Waals surface area contributed by atoms with Gasteiger partial charge >= 0.3 is 12.0 Å². The molecule has 5 nitrogen and oxygen atoms in total. The van der Waals surface area contributed by atoms with Crippen molar-refractivity contribution in [1.29, 1.82) is 0 Å². The Bertz CT molecular complexity index is 315. The first-order valence-electron chi connectivity index (χ1n) is 6.92. The summed E-state index contributed by atoms with van der Waals surface area (Å²) in [5.74, 6) is -0.392. The van der Waals surface area contributed by atoms with Crippen LogP contribution in [0.5, 0.6) is 0 Å². The first-order chi connectivity index (χ1) is 8.66. The monoisotopic (exact) mass is 254 g/mol. The third kappa shape index (κ3) is 3.37. The summed E-state index contributed by atoms with van der Waals surface area (Å²) in [6.45, 7) is 1.75. The van der Waals surface area contributed by atoms with Crippen LogP contribution in [0.4, 0.5) is 4.79 Å². The number of amides is 2. The summed E-state index contributed by atoms with van der Waals surface area (Å²) in [5.41, 5.74) is 0. The SMILES string of the molecule is O=C(O)[C@@H]1CCCN(C(=O)NCCC2CCC2)C1. The summed E-state index contributed by atoms with van der Waals surface area (Å²) in [5, 5.41) is 11.9. The molecule has 2 rings (SSSR count). The Balaban J connectivity index is 1.68. The minimum atomic E-state index is -0.790. The molecule has 1 aliphatic heterocycles. The van der Waals surface area contributed by atoms with Crippen LogP contribution < -0.4 is 5.32 Å². The van der Waals surface area contributed by atoms with Crippen LogP contribution in [0, 0.1) is 11.8 Å². The number of carbonyl (C=O) groups is 2. The van der Waals surface area contributed by atoms with Crippen molar-refractivity contribution in [2.24, 2.45) is 11.8 Å². The van der Waals surface area contributed by atoms with E-state index in [2.05, 4.69) is 5.32 Å². The molecule has 2 aliphatic rings. The van der Waals surface area contributed by atoms with Crippen molar-refractivity contribution >= 4 is 12.0 Å². The van der Waals surface area contributed by atoms with Crippen molar-refractivity contribution in [3.63, 3.8) is 0 Å². The van der Waals surface area contributed by atoms with E-state index in [1.165, 1.54) is 19.3 Å². The predicted octanol–water partition coefficient (Wildman–Crippen LogP) is 1.68. The lowest BCUT2D eigenvalue weighted by atomic mass is 9.83. The number of rotatable bonds is 4. The third-order valence-corrected chi connectivity index (χ3v) is 4.11. The molecule has 102 valence electrons. The average Bonchev–Trinajstić information content (AvgIpc) is 2.32. The smallest absolute Gasteiger partial charge is 0.317 e. The molecular weight excluding hydrogens is 232 g/mol. The molecule has 1 heterocycles. The van der Waals surface area contributed by atoms with Crippen molar-refractivity contribution < 1.29 is 14.7 Å². The minimum Gasteiger partial charge on any atom is -0.481 e. The summed E-state index contributed by atoms with van der Waals surface area (Å²) in [6, 6.07) is -0.0970. The van der Waals surface area contributed by atoms with E-state index in [1.807, 2.05) is 0 Å². The van der Waals surface area contributed by atoms with E-state index in [9.17, 15) is 9.59 Å². The van der Waals surface area contributed by atoms with Gasteiger partial charge in [-0.15, -0.1) is 0 Å². The number of nitrogens with zero attached hydrogens (tertiary/aromatic N) is 1. The van der Waals surface area contributed by atoms with Gasteiger partial charge in [-0.25, -0.2) is 4.79 Å². The molecule has 0 aromatic carbocycles. The predicted molar refractivity (Wildman–Crippen MR) is 67.3 cm³/mol. The summed E-state index contributed by atoms with van der Waals surface area (Å²) >= 11 is 0. The molecule has 5 heteroatoms. The van der Waals surface area contributed by atoms with Gasteiger partial charge in [0.1, 0.15) is 0 Å². The maximum atomic E-state index is 11.9. The van der Waals surface area contributed by atoms with Crippen LogP contribution in [0.1, 0.15) is 38.5 Å². The van der Waals surface area contributed by atoms with Crippen LogP contribution in [0.15, 0.2) is 0 Å². The molecule has 0 aromatic heterocycles. The van der Waals surface area contributed by atoms with Crippen molar-refractivity contribution in [1.82, 2.24) is 10.2 Å². The number of hydrogen-bond donors (Lipinski definition) is 2. The lowest BCUT2D eigenvalue weighted by Crippen LogP contribution is -2.47. The van der Waals surface area contributed by atoms with Crippen LogP contribution in [-0.4, -0.2) is 41.6 Å². The van der Waals surface area contributed by atoms with Crippen LogP contribution in [0.2, 0.25) is 0 Å². The fourth-order valence-electron chi connectivity index (χ4n) is 2.64. The second-order valence-electron chi connectivity index (χ2n) is 5.44. The molecule has 2 amide bonds. The van der Waals surface area contributed by atoms with E-state index in [-0.39, 0.29) is 6.03 Å². The molecule has 18 heavy (non-hydrogen) atoms. The Hall–Kier alpha value is -1.26. The number of carbonyl (C=O) groups excluding carboxylic acids is 1. The number of nitrogens with one attached hydrogen (secondary N) is 1. The van der Waals surface area contributed by atoms with Crippen molar-refractivity contribution in [2.75, 3.05) is 19.6 Å². The number of urea groups is 1. The van der Waals surface area contributed by atoms with Gasteiger partial charge in [0.2, 0.25) is 0 Å². The number of piperidine rings is 1. The minimum absolute atomic E-state index is 0.0970. The maximum absolute atomic E-state index is 11.9. The summed E-state index contributed by atoms with van der Waals surface area (Å²) in [7, 11) is 0. The van der Waals surface area contributed by atoms with E-state index in [4.69, 9.17) is 5.11 Å². The van der Waals surface area contributed by atoms with Gasteiger partial charge in [0.25, 0.3) is 0 Å². The highest BCUT2D eigenvalue weighted by molar-refractivity contribution is 5.76. The number of carboxylic acid groups (broad SMARTS) is 1. The summed E-state index contributed by atoms with van der Waals surface area (Å²) < 4.78 is 0.